The molecule has 0 fully saturated rings. The molecule has 0 amide bonds. The summed E-state index contributed by atoms with van der Waals surface area (Å²) >= 11 is 0. The number of nitro groups is 2. The van der Waals surface area contributed by atoms with Gasteiger partial charge in [-0.3, -0.25) is 20.2 Å². The number of benzene rings is 1. The lowest BCUT2D eigenvalue weighted by Gasteiger charge is -2.22. The number of methoxy groups -OCH3 is 3. The molecule has 0 saturated heterocycles. The maximum atomic E-state index is 11.5. The van der Waals surface area contributed by atoms with E-state index in [0.717, 1.165) is 0 Å². The third kappa shape index (κ3) is 2.74. The lowest BCUT2D eigenvalue weighted by Crippen LogP contribution is -2.18. The Balaban J connectivity index is 4.18. The van der Waals surface area contributed by atoms with Gasteiger partial charge in [-0.1, -0.05) is 20.8 Å². The highest BCUT2D eigenvalue weighted by atomic mass is 16.6. The molecule has 0 unspecified atom stereocenters. The highest BCUT2D eigenvalue weighted by Gasteiger charge is 2.44. The van der Waals surface area contributed by atoms with Crippen molar-refractivity contribution >= 4 is 11.4 Å². The van der Waals surface area contributed by atoms with Crippen LogP contribution in [-0.2, 0) is 5.41 Å². The molecule has 22 heavy (non-hydrogen) atoms. The monoisotopic (exact) mass is 314 g/mol. The molecule has 0 heterocycles. The number of ether oxygens (including phenoxy) is 3. The molecule has 1 aromatic rings. The van der Waals surface area contributed by atoms with Gasteiger partial charge in [0.2, 0.25) is 17.2 Å². The Morgan fingerprint density at radius 1 is 0.773 bits per heavy atom. The summed E-state index contributed by atoms with van der Waals surface area (Å²) in [4.78, 5) is 21.6. The van der Waals surface area contributed by atoms with Crippen LogP contribution in [0.2, 0.25) is 0 Å². The van der Waals surface area contributed by atoms with Crippen LogP contribution in [0, 0.1) is 20.2 Å². The number of hydrogen-bond donors (Lipinski definition) is 0. The SMILES string of the molecule is COc1c(OC)c([N+](=O)[O-])c(C(C)(C)C)c([N+](=O)[O-])c1OC. The van der Waals surface area contributed by atoms with E-state index in [-0.39, 0.29) is 22.8 Å². The Kier molecular flexibility index (Phi) is 4.80. The largest absolute Gasteiger partial charge is 0.489 e. The minimum Gasteiger partial charge on any atom is -0.489 e. The second-order valence-electron chi connectivity index (χ2n) is 5.44. The van der Waals surface area contributed by atoms with E-state index < -0.39 is 26.6 Å². The third-order valence-electron chi connectivity index (χ3n) is 3.04. The van der Waals surface area contributed by atoms with Crippen molar-refractivity contribution in [3.05, 3.63) is 25.8 Å². The molecule has 0 N–H and O–H groups in total. The van der Waals surface area contributed by atoms with E-state index in [0.29, 0.717) is 0 Å². The van der Waals surface area contributed by atoms with Gasteiger partial charge in [0.15, 0.2) is 0 Å². The number of nitrogens with zero attached hydrogens (tertiary/aromatic N) is 2. The molecule has 0 aromatic heterocycles. The second kappa shape index (κ2) is 6.04. The lowest BCUT2D eigenvalue weighted by molar-refractivity contribution is -0.397. The van der Waals surface area contributed by atoms with Crippen molar-refractivity contribution in [1.82, 2.24) is 0 Å². The number of rotatable bonds is 5. The van der Waals surface area contributed by atoms with Crippen LogP contribution in [0.5, 0.6) is 17.2 Å². The first-order valence-corrected chi connectivity index (χ1v) is 6.26. The fourth-order valence-electron chi connectivity index (χ4n) is 2.28. The Morgan fingerprint density at radius 2 is 1.09 bits per heavy atom. The Morgan fingerprint density at radius 3 is 1.27 bits per heavy atom. The van der Waals surface area contributed by atoms with E-state index in [1.165, 1.54) is 21.3 Å². The zero-order chi connectivity index (χ0) is 17.2. The molecule has 9 nitrogen and oxygen atoms in total. The number of nitro benzene ring substituents is 2. The molecule has 0 aliphatic heterocycles. The van der Waals surface area contributed by atoms with Gasteiger partial charge in [-0.05, 0) is 0 Å². The molecule has 0 bridgehead atoms. The van der Waals surface area contributed by atoms with Gasteiger partial charge in [-0.25, -0.2) is 0 Å². The van der Waals surface area contributed by atoms with E-state index in [4.69, 9.17) is 14.2 Å². The fraction of sp³-hybridized carbons (Fsp3) is 0.538. The summed E-state index contributed by atoms with van der Waals surface area (Å²) in [6.07, 6.45) is 0. The average Bonchev–Trinajstić information content (AvgIpc) is 2.42. The molecule has 1 aromatic carbocycles. The third-order valence-corrected chi connectivity index (χ3v) is 3.04. The summed E-state index contributed by atoms with van der Waals surface area (Å²) in [6.45, 7) is 4.90. The number of hydrogen-bond acceptors (Lipinski definition) is 7. The lowest BCUT2D eigenvalue weighted by atomic mass is 9.83. The summed E-state index contributed by atoms with van der Waals surface area (Å²) < 4.78 is 15.2. The first-order valence-electron chi connectivity index (χ1n) is 6.26. The van der Waals surface area contributed by atoms with Crippen molar-refractivity contribution < 1.29 is 24.1 Å². The van der Waals surface area contributed by atoms with E-state index >= 15 is 0 Å². The van der Waals surface area contributed by atoms with Crippen molar-refractivity contribution in [3.8, 4) is 17.2 Å². The smallest absolute Gasteiger partial charge is 0.325 e. The summed E-state index contributed by atoms with van der Waals surface area (Å²) in [5.41, 5.74) is -1.98. The standard InChI is InChI=1S/C13H18N2O7/c1-13(2,3)7-8(14(16)17)10(20-4)12(22-6)11(21-5)9(7)15(18)19/h1-6H3. The summed E-state index contributed by atoms with van der Waals surface area (Å²) in [7, 11) is 3.68. The van der Waals surface area contributed by atoms with Crippen LogP contribution in [0.1, 0.15) is 26.3 Å². The molecule has 9 heteroatoms. The van der Waals surface area contributed by atoms with Gasteiger partial charge in [0.25, 0.3) is 0 Å². The maximum absolute atomic E-state index is 11.5. The summed E-state index contributed by atoms with van der Waals surface area (Å²) in [5.74, 6) is -0.601. The Hall–Kier alpha value is -2.58. The van der Waals surface area contributed by atoms with Gasteiger partial charge in [-0.15, -0.1) is 0 Å². The van der Waals surface area contributed by atoms with Gasteiger partial charge >= 0.3 is 11.4 Å². The normalized spacial score (nSPS) is 11.0. The molecule has 0 aliphatic carbocycles. The van der Waals surface area contributed by atoms with Gasteiger partial charge in [-0.2, -0.15) is 0 Å². The molecule has 0 radical (unpaired) electrons. The van der Waals surface area contributed by atoms with Crippen molar-refractivity contribution in [1.29, 1.82) is 0 Å². The zero-order valence-corrected chi connectivity index (χ0v) is 13.3. The minimum absolute atomic E-state index is 0.0861. The van der Waals surface area contributed by atoms with Crippen LogP contribution in [0.4, 0.5) is 11.4 Å². The predicted octanol–water partition coefficient (Wildman–Crippen LogP) is 2.83. The topological polar surface area (TPSA) is 114 Å². The average molecular weight is 314 g/mol. The van der Waals surface area contributed by atoms with Crippen LogP contribution in [0.15, 0.2) is 0 Å². The predicted molar refractivity (Wildman–Crippen MR) is 78.1 cm³/mol. The minimum atomic E-state index is -0.891. The molecule has 0 atom stereocenters. The Labute approximate surface area is 127 Å². The summed E-state index contributed by atoms with van der Waals surface area (Å²) in [6, 6.07) is 0. The molecular formula is C13H18N2O7. The van der Waals surface area contributed by atoms with Crippen LogP contribution in [-0.4, -0.2) is 31.2 Å². The molecule has 0 spiro atoms. The van der Waals surface area contributed by atoms with Gasteiger partial charge in [0.05, 0.1) is 31.2 Å². The molecule has 122 valence electrons. The maximum Gasteiger partial charge on any atom is 0.325 e. The van der Waals surface area contributed by atoms with Gasteiger partial charge in [0.1, 0.15) is 5.56 Å². The second-order valence-corrected chi connectivity index (χ2v) is 5.44. The van der Waals surface area contributed by atoms with E-state index in [1.807, 2.05) is 0 Å². The molecular weight excluding hydrogens is 296 g/mol. The molecule has 1 rings (SSSR count). The van der Waals surface area contributed by atoms with Gasteiger partial charge < -0.3 is 14.2 Å². The van der Waals surface area contributed by atoms with E-state index in [9.17, 15) is 20.2 Å². The van der Waals surface area contributed by atoms with Gasteiger partial charge in [0, 0.05) is 5.41 Å². The van der Waals surface area contributed by atoms with Crippen LogP contribution in [0.3, 0.4) is 0 Å². The summed E-state index contributed by atoms with van der Waals surface area (Å²) in [5, 5.41) is 23.0. The van der Waals surface area contributed by atoms with Crippen LogP contribution < -0.4 is 14.2 Å². The van der Waals surface area contributed by atoms with Crippen molar-refractivity contribution in [2.24, 2.45) is 0 Å². The fourth-order valence-corrected chi connectivity index (χ4v) is 2.28. The highest BCUT2D eigenvalue weighted by Crippen LogP contribution is 2.55. The van der Waals surface area contributed by atoms with E-state index in [2.05, 4.69) is 0 Å². The van der Waals surface area contributed by atoms with Crippen molar-refractivity contribution in [2.75, 3.05) is 21.3 Å². The molecule has 0 aliphatic rings. The quantitative estimate of drug-likeness (QED) is 0.606. The first-order chi connectivity index (χ1) is 10.1. The van der Waals surface area contributed by atoms with Crippen molar-refractivity contribution in [2.45, 2.75) is 26.2 Å². The Bertz CT molecular complexity index is 577. The van der Waals surface area contributed by atoms with E-state index in [1.54, 1.807) is 20.8 Å². The van der Waals surface area contributed by atoms with Crippen LogP contribution in [0.25, 0.3) is 0 Å². The van der Waals surface area contributed by atoms with Crippen LogP contribution >= 0.6 is 0 Å². The zero-order valence-electron chi connectivity index (χ0n) is 13.3. The first kappa shape index (κ1) is 17.5. The molecule has 0 saturated carbocycles. The van der Waals surface area contributed by atoms with Crippen molar-refractivity contribution in [3.63, 3.8) is 0 Å². The highest BCUT2D eigenvalue weighted by molar-refractivity contribution is 5.77.